The first-order chi connectivity index (χ1) is 12.2. The van der Waals surface area contributed by atoms with Gasteiger partial charge in [-0.15, -0.1) is 0 Å². The number of carbonyl (C=O) groups excluding carboxylic acids is 1. The summed E-state index contributed by atoms with van der Waals surface area (Å²) >= 11 is 0. The Morgan fingerprint density at radius 2 is 2.04 bits per heavy atom. The molecule has 0 saturated carbocycles. The summed E-state index contributed by atoms with van der Waals surface area (Å²) in [6.07, 6.45) is 1.67. The Balaban J connectivity index is 1.46. The fourth-order valence-electron chi connectivity index (χ4n) is 3.16. The number of rotatable bonds is 4. The summed E-state index contributed by atoms with van der Waals surface area (Å²) in [6, 6.07) is 13.9. The van der Waals surface area contributed by atoms with Gasteiger partial charge >= 0.3 is 0 Å². The van der Waals surface area contributed by atoms with Gasteiger partial charge in [0.1, 0.15) is 17.4 Å². The van der Waals surface area contributed by atoms with E-state index in [4.69, 9.17) is 4.42 Å². The van der Waals surface area contributed by atoms with Gasteiger partial charge in [-0.3, -0.25) is 4.79 Å². The van der Waals surface area contributed by atoms with Crippen molar-refractivity contribution >= 4 is 23.0 Å². The number of carbonyl (C=O) groups is 1. The molecular formula is C19H18FN3O2. The first-order valence-corrected chi connectivity index (χ1v) is 8.35. The van der Waals surface area contributed by atoms with Crippen LogP contribution in [0.25, 0.3) is 11.1 Å². The van der Waals surface area contributed by atoms with Crippen molar-refractivity contribution in [3.63, 3.8) is 0 Å². The van der Waals surface area contributed by atoms with Crippen molar-refractivity contribution in [2.45, 2.75) is 25.4 Å². The Bertz CT molecular complexity index is 858. The maximum Gasteiger partial charge on any atom is 0.299 e. The molecule has 25 heavy (non-hydrogen) atoms. The van der Waals surface area contributed by atoms with E-state index in [-0.39, 0.29) is 17.8 Å². The van der Waals surface area contributed by atoms with Crippen LogP contribution in [-0.2, 0) is 11.3 Å². The number of nitrogens with one attached hydrogen (secondary N) is 1. The minimum Gasteiger partial charge on any atom is -0.423 e. The SMILES string of the molecule is O=C(NCc1ccc(F)cc1)C1CCCN1c1nc2ccccc2o1. The molecule has 2 heterocycles. The zero-order valence-electron chi connectivity index (χ0n) is 13.6. The quantitative estimate of drug-likeness (QED) is 0.793. The van der Waals surface area contributed by atoms with Crippen LogP contribution in [0.3, 0.4) is 0 Å². The summed E-state index contributed by atoms with van der Waals surface area (Å²) in [5.74, 6) is -0.350. The second-order valence-electron chi connectivity index (χ2n) is 6.16. The van der Waals surface area contributed by atoms with Gasteiger partial charge < -0.3 is 14.6 Å². The van der Waals surface area contributed by atoms with Crippen molar-refractivity contribution in [2.75, 3.05) is 11.4 Å². The van der Waals surface area contributed by atoms with Gasteiger partial charge in [-0.05, 0) is 42.7 Å². The average molecular weight is 339 g/mol. The summed E-state index contributed by atoms with van der Waals surface area (Å²) in [5, 5.41) is 2.92. The third kappa shape index (κ3) is 3.20. The molecule has 0 aliphatic carbocycles. The molecule has 3 aromatic rings. The highest BCUT2D eigenvalue weighted by atomic mass is 19.1. The van der Waals surface area contributed by atoms with Crippen molar-refractivity contribution in [1.82, 2.24) is 10.3 Å². The van der Waals surface area contributed by atoms with Gasteiger partial charge in [-0.1, -0.05) is 24.3 Å². The van der Waals surface area contributed by atoms with E-state index in [2.05, 4.69) is 10.3 Å². The fraction of sp³-hybridized carbons (Fsp3) is 0.263. The molecule has 1 atom stereocenters. The van der Waals surface area contributed by atoms with Crippen molar-refractivity contribution in [2.24, 2.45) is 0 Å². The average Bonchev–Trinajstić information content (AvgIpc) is 3.27. The molecule has 6 heteroatoms. The zero-order valence-corrected chi connectivity index (χ0v) is 13.6. The molecular weight excluding hydrogens is 321 g/mol. The number of benzene rings is 2. The second-order valence-corrected chi connectivity index (χ2v) is 6.16. The van der Waals surface area contributed by atoms with Crippen LogP contribution in [0.4, 0.5) is 10.4 Å². The largest absolute Gasteiger partial charge is 0.423 e. The molecule has 5 nitrogen and oxygen atoms in total. The molecule has 1 aromatic heterocycles. The summed E-state index contributed by atoms with van der Waals surface area (Å²) in [7, 11) is 0. The number of nitrogens with zero attached hydrogens (tertiary/aromatic N) is 2. The Kier molecular flexibility index (Phi) is 4.09. The summed E-state index contributed by atoms with van der Waals surface area (Å²) in [5.41, 5.74) is 2.37. The Hall–Kier alpha value is -2.89. The van der Waals surface area contributed by atoms with E-state index in [1.807, 2.05) is 29.2 Å². The molecule has 1 saturated heterocycles. The number of aromatic nitrogens is 1. The predicted molar refractivity (Wildman–Crippen MR) is 92.6 cm³/mol. The number of halogens is 1. The smallest absolute Gasteiger partial charge is 0.299 e. The van der Waals surface area contributed by atoms with Gasteiger partial charge in [0.05, 0.1) is 0 Å². The van der Waals surface area contributed by atoms with E-state index in [1.165, 1.54) is 12.1 Å². The van der Waals surface area contributed by atoms with Crippen LogP contribution in [0.2, 0.25) is 0 Å². The molecule has 1 fully saturated rings. The standard InChI is InChI=1S/C19H18FN3O2/c20-14-9-7-13(8-10-14)12-21-18(24)16-5-3-11-23(16)19-22-15-4-1-2-6-17(15)25-19/h1-2,4,6-10,16H,3,5,11-12H2,(H,21,24). The fourth-order valence-corrected chi connectivity index (χ4v) is 3.16. The summed E-state index contributed by atoms with van der Waals surface area (Å²) < 4.78 is 18.7. The lowest BCUT2D eigenvalue weighted by Crippen LogP contribution is -2.43. The molecule has 0 bridgehead atoms. The van der Waals surface area contributed by atoms with Gasteiger partial charge in [-0.2, -0.15) is 4.98 Å². The molecule has 0 spiro atoms. The van der Waals surface area contributed by atoms with Gasteiger partial charge in [0, 0.05) is 13.1 Å². The van der Waals surface area contributed by atoms with Crippen molar-refractivity contribution in [1.29, 1.82) is 0 Å². The molecule has 1 amide bonds. The first kappa shape index (κ1) is 15.6. The molecule has 1 unspecified atom stereocenters. The first-order valence-electron chi connectivity index (χ1n) is 8.35. The van der Waals surface area contributed by atoms with Gasteiger partial charge in [0.25, 0.3) is 6.01 Å². The van der Waals surface area contributed by atoms with Crippen LogP contribution in [0.5, 0.6) is 0 Å². The Morgan fingerprint density at radius 1 is 1.24 bits per heavy atom. The minimum absolute atomic E-state index is 0.0657. The van der Waals surface area contributed by atoms with Crippen molar-refractivity contribution in [3.05, 3.63) is 59.9 Å². The number of hydrogen-bond donors (Lipinski definition) is 1. The van der Waals surface area contributed by atoms with E-state index in [9.17, 15) is 9.18 Å². The van der Waals surface area contributed by atoms with Crippen LogP contribution in [0, 0.1) is 5.82 Å². The van der Waals surface area contributed by atoms with Crippen LogP contribution in [0.1, 0.15) is 18.4 Å². The van der Waals surface area contributed by atoms with Gasteiger partial charge in [-0.25, -0.2) is 4.39 Å². The van der Waals surface area contributed by atoms with Crippen LogP contribution in [-0.4, -0.2) is 23.5 Å². The predicted octanol–water partition coefficient (Wildman–Crippen LogP) is 3.25. The van der Waals surface area contributed by atoms with Gasteiger partial charge in [0.15, 0.2) is 5.58 Å². The highest BCUT2D eigenvalue weighted by Crippen LogP contribution is 2.28. The topological polar surface area (TPSA) is 58.4 Å². The van der Waals surface area contributed by atoms with Gasteiger partial charge in [0.2, 0.25) is 5.91 Å². The molecule has 128 valence electrons. The van der Waals surface area contributed by atoms with E-state index >= 15 is 0 Å². The van der Waals surface area contributed by atoms with E-state index in [0.29, 0.717) is 12.6 Å². The highest BCUT2D eigenvalue weighted by Gasteiger charge is 2.33. The van der Waals surface area contributed by atoms with E-state index in [0.717, 1.165) is 36.0 Å². The maximum absolute atomic E-state index is 12.9. The van der Waals surface area contributed by atoms with E-state index < -0.39 is 0 Å². The molecule has 1 N–H and O–H groups in total. The number of amides is 1. The lowest BCUT2D eigenvalue weighted by Gasteiger charge is -2.22. The zero-order chi connectivity index (χ0) is 17.2. The number of anilines is 1. The second kappa shape index (κ2) is 6.55. The Labute approximate surface area is 144 Å². The Morgan fingerprint density at radius 3 is 2.84 bits per heavy atom. The van der Waals surface area contributed by atoms with Crippen LogP contribution < -0.4 is 10.2 Å². The lowest BCUT2D eigenvalue weighted by molar-refractivity contribution is -0.122. The molecule has 1 aliphatic rings. The number of oxazole rings is 1. The lowest BCUT2D eigenvalue weighted by atomic mass is 10.2. The third-order valence-electron chi connectivity index (χ3n) is 4.46. The monoisotopic (exact) mass is 339 g/mol. The van der Waals surface area contributed by atoms with Crippen molar-refractivity contribution < 1.29 is 13.6 Å². The highest BCUT2D eigenvalue weighted by molar-refractivity contribution is 5.85. The summed E-state index contributed by atoms with van der Waals surface area (Å²) in [4.78, 5) is 19.0. The summed E-state index contributed by atoms with van der Waals surface area (Å²) in [6.45, 7) is 1.11. The number of hydrogen-bond acceptors (Lipinski definition) is 4. The van der Waals surface area contributed by atoms with Crippen LogP contribution >= 0.6 is 0 Å². The number of fused-ring (bicyclic) bond motifs is 1. The molecule has 0 radical (unpaired) electrons. The third-order valence-corrected chi connectivity index (χ3v) is 4.46. The van der Waals surface area contributed by atoms with Crippen LogP contribution in [0.15, 0.2) is 52.9 Å². The molecule has 1 aliphatic heterocycles. The molecule has 4 rings (SSSR count). The normalized spacial score (nSPS) is 17.2. The van der Waals surface area contributed by atoms with E-state index in [1.54, 1.807) is 12.1 Å². The maximum atomic E-state index is 12.9. The number of para-hydroxylation sites is 2. The minimum atomic E-state index is -0.298. The van der Waals surface area contributed by atoms with Crippen molar-refractivity contribution in [3.8, 4) is 0 Å². The molecule has 2 aromatic carbocycles.